The van der Waals surface area contributed by atoms with Crippen LogP contribution < -0.4 is 0 Å². The zero-order chi connectivity index (χ0) is 21.3. The molecule has 0 spiro atoms. The number of carbonyl (C=O) groups excluding carboxylic acids is 2. The molecule has 1 aliphatic rings. The topological polar surface area (TPSA) is 59.1 Å². The molecule has 0 bridgehead atoms. The summed E-state index contributed by atoms with van der Waals surface area (Å²) in [6, 6.07) is 18.6. The molecule has 0 aliphatic carbocycles. The maximum atomic E-state index is 12.7. The molecule has 1 saturated heterocycles. The van der Waals surface area contributed by atoms with Crippen molar-refractivity contribution in [2.45, 2.75) is 25.9 Å². The quantitative estimate of drug-likeness (QED) is 0.623. The van der Waals surface area contributed by atoms with E-state index in [0.717, 1.165) is 11.1 Å². The molecule has 3 rings (SSSR count). The van der Waals surface area contributed by atoms with Gasteiger partial charge in [0.15, 0.2) is 0 Å². The predicted octanol–water partition coefficient (Wildman–Crippen LogP) is 3.21. The second-order valence-corrected chi connectivity index (χ2v) is 7.20. The molecule has 1 aliphatic heterocycles. The highest BCUT2D eigenvalue weighted by Crippen LogP contribution is 2.28. The Kier molecular flexibility index (Phi) is 7.99. The lowest BCUT2D eigenvalue weighted by Gasteiger charge is -2.40. The molecule has 30 heavy (non-hydrogen) atoms. The summed E-state index contributed by atoms with van der Waals surface area (Å²) in [5.74, 6) is -0.468. The zero-order valence-electron chi connectivity index (χ0n) is 17.7. The van der Waals surface area contributed by atoms with Crippen LogP contribution in [0.1, 0.15) is 37.1 Å². The van der Waals surface area contributed by atoms with Crippen molar-refractivity contribution < 1.29 is 19.1 Å². The molecule has 0 N–H and O–H groups in total. The van der Waals surface area contributed by atoms with E-state index >= 15 is 0 Å². The summed E-state index contributed by atoms with van der Waals surface area (Å²) in [6.07, 6.45) is 0. The van der Waals surface area contributed by atoms with Gasteiger partial charge in [-0.05, 0) is 25.0 Å². The van der Waals surface area contributed by atoms with E-state index in [4.69, 9.17) is 9.47 Å². The van der Waals surface area contributed by atoms with E-state index in [2.05, 4.69) is 9.80 Å². The van der Waals surface area contributed by atoms with Crippen LogP contribution in [0.3, 0.4) is 0 Å². The highest BCUT2D eigenvalue weighted by Gasteiger charge is 2.36. The Labute approximate surface area is 178 Å². The van der Waals surface area contributed by atoms with Crippen molar-refractivity contribution in [2.24, 2.45) is 0 Å². The van der Waals surface area contributed by atoms with Gasteiger partial charge in [0.05, 0.1) is 13.2 Å². The van der Waals surface area contributed by atoms with E-state index in [0.29, 0.717) is 39.4 Å². The minimum atomic E-state index is -0.439. The van der Waals surface area contributed by atoms with E-state index < -0.39 is 12.1 Å². The van der Waals surface area contributed by atoms with Gasteiger partial charge < -0.3 is 9.47 Å². The fourth-order valence-electron chi connectivity index (χ4n) is 3.96. The van der Waals surface area contributed by atoms with Gasteiger partial charge in [0.2, 0.25) is 0 Å². The maximum absolute atomic E-state index is 12.7. The van der Waals surface area contributed by atoms with E-state index in [9.17, 15) is 9.59 Å². The van der Waals surface area contributed by atoms with Crippen molar-refractivity contribution in [3.05, 3.63) is 71.8 Å². The molecule has 0 radical (unpaired) electrons. The van der Waals surface area contributed by atoms with E-state index in [1.165, 1.54) is 0 Å². The molecule has 2 unspecified atom stereocenters. The Morgan fingerprint density at radius 2 is 1.03 bits per heavy atom. The summed E-state index contributed by atoms with van der Waals surface area (Å²) in [6.45, 7) is 6.95. The van der Waals surface area contributed by atoms with Gasteiger partial charge in [-0.3, -0.25) is 9.80 Å². The fourth-order valence-corrected chi connectivity index (χ4v) is 3.96. The van der Waals surface area contributed by atoms with Crippen LogP contribution in [0.15, 0.2) is 60.7 Å². The summed E-state index contributed by atoms with van der Waals surface area (Å²) in [7, 11) is 0. The third-order valence-corrected chi connectivity index (χ3v) is 5.33. The van der Waals surface area contributed by atoms with Crippen LogP contribution in [-0.2, 0) is 19.1 Å². The van der Waals surface area contributed by atoms with Crippen LogP contribution in [0.2, 0.25) is 0 Å². The van der Waals surface area contributed by atoms with Crippen molar-refractivity contribution in [3.8, 4) is 0 Å². The molecule has 6 heteroatoms. The smallest absolute Gasteiger partial charge is 0.328 e. The first-order chi connectivity index (χ1) is 14.7. The second kappa shape index (κ2) is 10.9. The van der Waals surface area contributed by atoms with Gasteiger partial charge in [0, 0.05) is 26.2 Å². The van der Waals surface area contributed by atoms with Crippen molar-refractivity contribution >= 4 is 11.9 Å². The molecule has 0 aromatic heterocycles. The molecule has 2 aromatic carbocycles. The Morgan fingerprint density at radius 3 is 1.33 bits per heavy atom. The zero-order valence-corrected chi connectivity index (χ0v) is 17.7. The van der Waals surface area contributed by atoms with Crippen molar-refractivity contribution in [1.82, 2.24) is 9.80 Å². The lowest BCUT2D eigenvalue weighted by atomic mass is 10.0. The Hall–Kier alpha value is -2.70. The minimum absolute atomic E-state index is 0.234. The van der Waals surface area contributed by atoms with Gasteiger partial charge in [0.1, 0.15) is 12.1 Å². The lowest BCUT2D eigenvalue weighted by molar-refractivity contribution is -0.154. The molecule has 160 valence electrons. The standard InChI is InChI=1S/C24H30N2O4/c1-3-29-23(27)21(19-11-7-5-8-12-19)25-15-17-26(18-16-25)22(24(28)30-4-2)20-13-9-6-10-14-20/h5-14,21-22H,3-4,15-18H2,1-2H3. The van der Waals surface area contributed by atoms with Crippen LogP contribution in [0.4, 0.5) is 0 Å². The van der Waals surface area contributed by atoms with Gasteiger partial charge in [-0.2, -0.15) is 0 Å². The van der Waals surface area contributed by atoms with E-state index in [1.807, 2.05) is 74.5 Å². The number of carbonyl (C=O) groups is 2. The summed E-state index contributed by atoms with van der Waals surface area (Å²) in [5.41, 5.74) is 1.85. The van der Waals surface area contributed by atoms with Crippen molar-refractivity contribution in [1.29, 1.82) is 0 Å². The molecular formula is C24H30N2O4. The molecule has 2 aromatic rings. The van der Waals surface area contributed by atoms with Crippen molar-refractivity contribution in [3.63, 3.8) is 0 Å². The molecule has 1 fully saturated rings. The Balaban J connectivity index is 1.76. The van der Waals surface area contributed by atoms with Gasteiger partial charge in [-0.25, -0.2) is 9.59 Å². The number of esters is 2. The third-order valence-electron chi connectivity index (χ3n) is 5.33. The second-order valence-electron chi connectivity index (χ2n) is 7.20. The van der Waals surface area contributed by atoms with Gasteiger partial charge in [-0.1, -0.05) is 60.7 Å². The van der Waals surface area contributed by atoms with E-state index in [1.54, 1.807) is 0 Å². The maximum Gasteiger partial charge on any atom is 0.328 e. The Morgan fingerprint density at radius 1 is 0.700 bits per heavy atom. The summed E-state index contributed by atoms with van der Waals surface area (Å²) in [5, 5.41) is 0. The van der Waals surface area contributed by atoms with Gasteiger partial charge in [0.25, 0.3) is 0 Å². The first-order valence-corrected chi connectivity index (χ1v) is 10.6. The molecule has 2 atom stereocenters. The minimum Gasteiger partial charge on any atom is -0.465 e. The molecule has 6 nitrogen and oxygen atoms in total. The average molecular weight is 411 g/mol. The molecule has 0 saturated carbocycles. The number of piperazine rings is 1. The van der Waals surface area contributed by atoms with Crippen LogP contribution in [-0.4, -0.2) is 61.1 Å². The highest BCUT2D eigenvalue weighted by molar-refractivity contribution is 5.78. The number of rotatable bonds is 8. The first kappa shape index (κ1) is 22.0. The summed E-state index contributed by atoms with van der Waals surface area (Å²) < 4.78 is 10.7. The number of hydrogen-bond donors (Lipinski definition) is 0. The van der Waals surface area contributed by atoms with Crippen LogP contribution in [0.5, 0.6) is 0 Å². The first-order valence-electron chi connectivity index (χ1n) is 10.6. The number of nitrogens with zero attached hydrogens (tertiary/aromatic N) is 2. The number of benzene rings is 2. The third kappa shape index (κ3) is 5.26. The predicted molar refractivity (Wildman–Crippen MR) is 115 cm³/mol. The lowest BCUT2D eigenvalue weighted by Crippen LogP contribution is -2.51. The number of ether oxygens (including phenoxy) is 2. The molecule has 1 heterocycles. The van der Waals surface area contributed by atoms with Crippen molar-refractivity contribution in [2.75, 3.05) is 39.4 Å². The SMILES string of the molecule is CCOC(=O)C(c1ccccc1)N1CCN(C(C(=O)OCC)c2ccccc2)CC1. The summed E-state index contributed by atoms with van der Waals surface area (Å²) in [4.78, 5) is 29.7. The van der Waals surface area contributed by atoms with Gasteiger partial charge >= 0.3 is 11.9 Å². The molecule has 0 amide bonds. The highest BCUT2D eigenvalue weighted by atomic mass is 16.5. The fraction of sp³-hybridized carbons (Fsp3) is 0.417. The monoisotopic (exact) mass is 410 g/mol. The number of hydrogen-bond acceptors (Lipinski definition) is 6. The largest absolute Gasteiger partial charge is 0.465 e. The molecular weight excluding hydrogens is 380 g/mol. The van der Waals surface area contributed by atoms with E-state index in [-0.39, 0.29) is 11.9 Å². The Bertz CT molecular complexity index is 735. The van der Waals surface area contributed by atoms with Crippen LogP contribution in [0, 0.1) is 0 Å². The normalized spacial score (nSPS) is 17.1. The van der Waals surface area contributed by atoms with Crippen LogP contribution in [0.25, 0.3) is 0 Å². The average Bonchev–Trinajstić information content (AvgIpc) is 2.77. The summed E-state index contributed by atoms with van der Waals surface area (Å²) >= 11 is 0. The van der Waals surface area contributed by atoms with Gasteiger partial charge in [-0.15, -0.1) is 0 Å². The van der Waals surface area contributed by atoms with Crippen LogP contribution >= 0.6 is 0 Å².